The highest BCUT2D eigenvalue weighted by Gasteiger charge is 2.26. The Kier molecular flexibility index (Phi) is 5.88. The van der Waals surface area contributed by atoms with Crippen molar-refractivity contribution in [3.8, 4) is 22.8 Å². The lowest BCUT2D eigenvalue weighted by Crippen LogP contribution is -2.49. The van der Waals surface area contributed by atoms with Crippen molar-refractivity contribution < 1.29 is 18.7 Å². The molecular formula is C25H18Br2N4O5. The van der Waals surface area contributed by atoms with Crippen molar-refractivity contribution in [2.75, 3.05) is 37.9 Å². The van der Waals surface area contributed by atoms with Crippen LogP contribution in [0.15, 0.2) is 66.7 Å². The number of halogens is 2. The Morgan fingerprint density at radius 3 is 2.47 bits per heavy atom. The van der Waals surface area contributed by atoms with Gasteiger partial charge in [-0.3, -0.25) is 4.79 Å². The van der Waals surface area contributed by atoms with E-state index in [4.69, 9.17) is 13.9 Å². The molecule has 6 rings (SSSR count). The summed E-state index contributed by atoms with van der Waals surface area (Å²) in [5.41, 5.74) is 1.40. The van der Waals surface area contributed by atoms with Gasteiger partial charge in [0.15, 0.2) is 22.9 Å². The van der Waals surface area contributed by atoms with E-state index in [1.54, 1.807) is 17.0 Å². The Bertz CT molecular complexity index is 1550. The second kappa shape index (κ2) is 9.21. The van der Waals surface area contributed by atoms with Crippen molar-refractivity contribution in [1.82, 2.24) is 15.1 Å². The number of ether oxygens (including phenoxy) is 2. The van der Waals surface area contributed by atoms with Crippen molar-refractivity contribution in [2.24, 2.45) is 0 Å². The van der Waals surface area contributed by atoms with Gasteiger partial charge in [0.1, 0.15) is 5.56 Å². The summed E-state index contributed by atoms with van der Waals surface area (Å²) >= 11 is 6.82. The fourth-order valence-corrected chi connectivity index (χ4v) is 5.66. The monoisotopic (exact) mass is 612 g/mol. The number of hydrogen-bond acceptors (Lipinski definition) is 8. The molecule has 36 heavy (non-hydrogen) atoms. The maximum Gasteiger partial charge on any atom is 0.349 e. The lowest BCUT2D eigenvalue weighted by atomic mass is 10.1. The number of hydrogen-bond donors (Lipinski definition) is 0. The van der Waals surface area contributed by atoms with E-state index in [9.17, 15) is 9.59 Å². The summed E-state index contributed by atoms with van der Waals surface area (Å²) in [4.78, 5) is 29.4. The molecule has 0 atom stereocenters. The summed E-state index contributed by atoms with van der Waals surface area (Å²) in [6.07, 6.45) is 0. The number of anilines is 1. The van der Waals surface area contributed by atoms with Crippen molar-refractivity contribution in [1.29, 1.82) is 0 Å². The minimum Gasteiger partial charge on any atom is -0.454 e. The molecule has 2 aliphatic heterocycles. The first-order valence-corrected chi connectivity index (χ1v) is 12.8. The van der Waals surface area contributed by atoms with E-state index in [0.29, 0.717) is 47.4 Å². The quantitative estimate of drug-likeness (QED) is 0.312. The largest absolute Gasteiger partial charge is 0.454 e. The number of aromatic nitrogens is 2. The van der Waals surface area contributed by atoms with Gasteiger partial charge in [-0.15, -0.1) is 10.2 Å². The number of carbonyl (C=O) groups is 1. The second-order valence-corrected chi connectivity index (χ2v) is 10.1. The fourth-order valence-electron chi connectivity index (χ4n) is 4.32. The Hall–Kier alpha value is -3.44. The average molecular weight is 614 g/mol. The first kappa shape index (κ1) is 23.0. The van der Waals surface area contributed by atoms with Gasteiger partial charge in [0.05, 0.1) is 10.2 Å². The van der Waals surface area contributed by atoms with Crippen LogP contribution < -0.4 is 20.0 Å². The Balaban J connectivity index is 1.15. The van der Waals surface area contributed by atoms with E-state index in [-0.39, 0.29) is 18.3 Å². The molecule has 2 aromatic carbocycles. The maximum absolute atomic E-state index is 13.1. The third-order valence-corrected chi connectivity index (χ3v) is 7.24. The zero-order chi connectivity index (χ0) is 24.8. The van der Waals surface area contributed by atoms with Gasteiger partial charge in [-0.2, -0.15) is 0 Å². The standard InChI is InChI=1S/C25H18Br2N4O5/c26-16-9-15-10-17(25(33)36-23(15)18(27)12-16)24(32)31-7-5-30(6-8-31)22-4-2-19(28-29-22)14-1-3-20-21(11-14)35-13-34-20/h1-4,9-12H,5-8,13H2. The number of fused-ring (bicyclic) bond motifs is 2. The molecule has 4 heterocycles. The summed E-state index contributed by atoms with van der Waals surface area (Å²) < 4.78 is 17.7. The minimum atomic E-state index is -0.650. The number of benzene rings is 2. The highest BCUT2D eigenvalue weighted by Crippen LogP contribution is 2.35. The van der Waals surface area contributed by atoms with Crippen molar-refractivity contribution >= 4 is 54.6 Å². The lowest BCUT2D eigenvalue weighted by Gasteiger charge is -2.35. The predicted molar refractivity (Wildman–Crippen MR) is 140 cm³/mol. The highest BCUT2D eigenvalue weighted by atomic mass is 79.9. The first-order chi connectivity index (χ1) is 17.5. The molecule has 0 radical (unpaired) electrons. The Morgan fingerprint density at radius 2 is 1.69 bits per heavy atom. The number of amides is 1. The normalized spacial score (nSPS) is 14.9. The second-order valence-electron chi connectivity index (χ2n) is 8.38. The third kappa shape index (κ3) is 4.22. The van der Waals surface area contributed by atoms with Crippen LogP contribution in [-0.2, 0) is 0 Å². The molecule has 2 aromatic heterocycles. The number of nitrogens with zero attached hydrogens (tertiary/aromatic N) is 4. The number of rotatable bonds is 3. The zero-order valence-electron chi connectivity index (χ0n) is 18.7. The predicted octanol–water partition coefficient (Wildman–Crippen LogP) is 4.47. The van der Waals surface area contributed by atoms with Gasteiger partial charge in [0.2, 0.25) is 6.79 Å². The van der Waals surface area contributed by atoms with E-state index in [0.717, 1.165) is 27.3 Å². The molecule has 182 valence electrons. The molecule has 0 bridgehead atoms. The van der Waals surface area contributed by atoms with Crippen LogP contribution in [0.3, 0.4) is 0 Å². The van der Waals surface area contributed by atoms with Crippen LogP contribution in [-0.4, -0.2) is 54.0 Å². The van der Waals surface area contributed by atoms with E-state index in [1.165, 1.54) is 0 Å². The van der Waals surface area contributed by atoms with Gasteiger partial charge in [-0.25, -0.2) is 4.79 Å². The average Bonchev–Trinajstić information content (AvgIpc) is 3.37. The molecule has 0 aliphatic carbocycles. The molecular weight excluding hydrogens is 596 g/mol. The lowest BCUT2D eigenvalue weighted by molar-refractivity contribution is 0.0742. The molecule has 9 nitrogen and oxygen atoms in total. The topological polar surface area (TPSA) is 98.0 Å². The molecule has 0 spiro atoms. The van der Waals surface area contributed by atoms with Gasteiger partial charge in [0.25, 0.3) is 5.91 Å². The first-order valence-electron chi connectivity index (χ1n) is 11.2. The van der Waals surface area contributed by atoms with Crippen molar-refractivity contribution in [3.05, 3.63) is 73.5 Å². The van der Waals surface area contributed by atoms with E-state index in [2.05, 4.69) is 47.0 Å². The molecule has 0 saturated carbocycles. The Morgan fingerprint density at radius 1 is 0.889 bits per heavy atom. The van der Waals surface area contributed by atoms with Crippen LogP contribution >= 0.6 is 31.9 Å². The van der Waals surface area contributed by atoms with Gasteiger partial charge >= 0.3 is 5.63 Å². The van der Waals surface area contributed by atoms with Crippen LogP contribution in [0, 0.1) is 0 Å². The fraction of sp³-hybridized carbons (Fsp3) is 0.200. The molecule has 1 amide bonds. The van der Waals surface area contributed by atoms with Crippen LogP contribution in [0.1, 0.15) is 10.4 Å². The smallest absolute Gasteiger partial charge is 0.349 e. The molecule has 4 aromatic rings. The Labute approximate surface area is 221 Å². The summed E-state index contributed by atoms with van der Waals surface area (Å²) in [6.45, 7) is 2.26. The summed E-state index contributed by atoms with van der Waals surface area (Å²) in [7, 11) is 0. The van der Waals surface area contributed by atoms with Crippen LogP contribution in [0.25, 0.3) is 22.2 Å². The van der Waals surface area contributed by atoms with Gasteiger partial charge in [-0.05, 0) is 64.5 Å². The minimum absolute atomic E-state index is 0.0221. The molecule has 0 N–H and O–H groups in total. The van der Waals surface area contributed by atoms with Gasteiger partial charge in [0, 0.05) is 41.6 Å². The van der Waals surface area contributed by atoms with E-state index < -0.39 is 5.63 Å². The van der Waals surface area contributed by atoms with Crippen molar-refractivity contribution in [2.45, 2.75) is 0 Å². The summed E-state index contributed by atoms with van der Waals surface area (Å²) in [5, 5.41) is 9.43. The van der Waals surface area contributed by atoms with Crippen LogP contribution in [0.2, 0.25) is 0 Å². The van der Waals surface area contributed by atoms with Crippen molar-refractivity contribution in [3.63, 3.8) is 0 Å². The highest BCUT2D eigenvalue weighted by molar-refractivity contribution is 9.11. The molecule has 1 fully saturated rings. The number of piperazine rings is 1. The molecule has 1 saturated heterocycles. The van der Waals surface area contributed by atoms with Gasteiger partial charge < -0.3 is 23.7 Å². The SMILES string of the molecule is O=C(c1cc2cc(Br)cc(Br)c2oc1=O)N1CCN(c2ccc(-c3ccc4c(c3)OCO4)nn2)CC1. The number of carbonyl (C=O) groups excluding carboxylic acids is 1. The maximum atomic E-state index is 13.1. The van der Waals surface area contributed by atoms with Crippen LogP contribution in [0.4, 0.5) is 5.82 Å². The van der Waals surface area contributed by atoms with Gasteiger partial charge in [-0.1, -0.05) is 15.9 Å². The summed E-state index contributed by atoms with van der Waals surface area (Å²) in [5.74, 6) is 1.80. The summed E-state index contributed by atoms with van der Waals surface area (Å²) in [6, 6.07) is 14.7. The molecule has 0 unspecified atom stereocenters. The zero-order valence-corrected chi connectivity index (χ0v) is 21.9. The third-order valence-electron chi connectivity index (χ3n) is 6.19. The molecule has 11 heteroatoms. The van der Waals surface area contributed by atoms with Crippen LogP contribution in [0.5, 0.6) is 11.5 Å². The van der Waals surface area contributed by atoms with E-state index >= 15 is 0 Å². The molecule has 2 aliphatic rings. The van der Waals surface area contributed by atoms with E-state index in [1.807, 2.05) is 36.4 Å².